The minimum Gasteiger partial charge on any atom is -0.305 e. The molecule has 0 atom stereocenters. The predicted molar refractivity (Wildman–Crippen MR) is 69.3 cm³/mol. The molecule has 0 saturated carbocycles. The van der Waals surface area contributed by atoms with Gasteiger partial charge in [-0.15, -0.1) is 0 Å². The van der Waals surface area contributed by atoms with Crippen LogP contribution in [0.25, 0.3) is 0 Å². The molecule has 0 aromatic heterocycles. The van der Waals surface area contributed by atoms with Gasteiger partial charge in [0.15, 0.2) is 0 Å². The van der Waals surface area contributed by atoms with Crippen molar-refractivity contribution in [2.45, 2.75) is 40.7 Å². The van der Waals surface area contributed by atoms with Crippen LogP contribution in [0.3, 0.4) is 0 Å². The Bertz CT molecular complexity index is 277. The predicted octanol–water partition coefficient (Wildman–Crippen LogP) is 3.65. The van der Waals surface area contributed by atoms with Gasteiger partial charge in [0.25, 0.3) is 0 Å². The van der Waals surface area contributed by atoms with Crippen LogP contribution in [-0.2, 0) is 13.0 Å². The van der Waals surface area contributed by atoms with E-state index in [1.165, 1.54) is 16.7 Å². The van der Waals surface area contributed by atoms with Crippen molar-refractivity contribution in [1.82, 2.24) is 4.90 Å². The van der Waals surface area contributed by atoms with Gasteiger partial charge in [-0.25, -0.2) is 0 Å². The van der Waals surface area contributed by atoms with Crippen LogP contribution >= 0.6 is 0 Å². The normalized spacial score (nSPS) is 9.80. The number of rotatable bonds is 3. The SMILES string of the molecule is CC.CCc1ccc(C)cc1CN(C)C. The van der Waals surface area contributed by atoms with Crippen LogP contribution in [0.4, 0.5) is 0 Å². The summed E-state index contributed by atoms with van der Waals surface area (Å²) in [6.07, 6.45) is 1.13. The Morgan fingerprint density at radius 2 is 1.67 bits per heavy atom. The van der Waals surface area contributed by atoms with E-state index in [0.717, 1.165) is 13.0 Å². The summed E-state index contributed by atoms with van der Waals surface area (Å²) < 4.78 is 0. The van der Waals surface area contributed by atoms with Gasteiger partial charge in [0.1, 0.15) is 0 Å². The summed E-state index contributed by atoms with van der Waals surface area (Å²) in [6, 6.07) is 6.73. The van der Waals surface area contributed by atoms with Crippen LogP contribution in [-0.4, -0.2) is 19.0 Å². The van der Waals surface area contributed by atoms with Crippen molar-refractivity contribution in [3.8, 4) is 0 Å². The second kappa shape index (κ2) is 7.47. The van der Waals surface area contributed by atoms with Crippen LogP contribution < -0.4 is 0 Å². The Hall–Kier alpha value is -0.820. The van der Waals surface area contributed by atoms with Crippen LogP contribution in [0.5, 0.6) is 0 Å². The highest BCUT2D eigenvalue weighted by atomic mass is 15.0. The van der Waals surface area contributed by atoms with Gasteiger partial charge < -0.3 is 4.90 Å². The minimum atomic E-state index is 1.05. The Kier molecular flexibility index (Phi) is 7.06. The zero-order chi connectivity index (χ0) is 11.8. The van der Waals surface area contributed by atoms with Gasteiger partial charge in [0.2, 0.25) is 0 Å². The molecule has 0 aliphatic carbocycles. The molecular formula is C14H25N. The maximum absolute atomic E-state index is 2.29. The molecule has 0 aliphatic heterocycles. The molecule has 1 rings (SSSR count). The third-order valence-corrected chi connectivity index (χ3v) is 2.23. The summed E-state index contributed by atoms with van der Waals surface area (Å²) in [4.78, 5) is 2.22. The summed E-state index contributed by atoms with van der Waals surface area (Å²) in [7, 11) is 4.23. The van der Waals surface area contributed by atoms with Crippen molar-refractivity contribution in [3.63, 3.8) is 0 Å². The molecular weight excluding hydrogens is 182 g/mol. The Labute approximate surface area is 95.1 Å². The molecule has 0 saturated heterocycles. The van der Waals surface area contributed by atoms with E-state index in [0.29, 0.717) is 0 Å². The lowest BCUT2D eigenvalue weighted by Gasteiger charge is -2.13. The van der Waals surface area contributed by atoms with Gasteiger partial charge in [0, 0.05) is 6.54 Å². The zero-order valence-electron chi connectivity index (χ0n) is 11.1. The molecule has 1 aromatic carbocycles. The zero-order valence-corrected chi connectivity index (χ0v) is 11.1. The van der Waals surface area contributed by atoms with Crippen LogP contribution in [0, 0.1) is 6.92 Å². The monoisotopic (exact) mass is 207 g/mol. The Morgan fingerprint density at radius 1 is 1.07 bits per heavy atom. The average Bonchev–Trinajstić information content (AvgIpc) is 2.20. The molecule has 0 amide bonds. The summed E-state index contributed by atoms with van der Waals surface area (Å²) in [6.45, 7) is 9.41. The molecule has 1 heteroatoms. The van der Waals surface area contributed by atoms with E-state index in [1.807, 2.05) is 13.8 Å². The molecule has 1 aromatic rings. The Morgan fingerprint density at radius 3 is 2.13 bits per heavy atom. The fraction of sp³-hybridized carbons (Fsp3) is 0.571. The van der Waals surface area contributed by atoms with E-state index in [2.05, 4.69) is 51.0 Å². The molecule has 15 heavy (non-hydrogen) atoms. The molecule has 0 heterocycles. The van der Waals surface area contributed by atoms with E-state index >= 15 is 0 Å². The first-order chi connectivity index (χ1) is 7.13. The van der Waals surface area contributed by atoms with E-state index in [1.54, 1.807) is 0 Å². The lowest BCUT2D eigenvalue weighted by Crippen LogP contribution is -2.12. The fourth-order valence-corrected chi connectivity index (χ4v) is 1.59. The summed E-state index contributed by atoms with van der Waals surface area (Å²) in [5.74, 6) is 0. The highest BCUT2D eigenvalue weighted by Gasteiger charge is 2.01. The van der Waals surface area contributed by atoms with E-state index in [9.17, 15) is 0 Å². The van der Waals surface area contributed by atoms with E-state index in [4.69, 9.17) is 0 Å². The van der Waals surface area contributed by atoms with E-state index < -0.39 is 0 Å². The second-order valence-electron chi connectivity index (χ2n) is 3.86. The van der Waals surface area contributed by atoms with Crippen LogP contribution in [0.1, 0.15) is 37.5 Å². The molecule has 86 valence electrons. The first kappa shape index (κ1) is 14.2. The fourth-order valence-electron chi connectivity index (χ4n) is 1.59. The van der Waals surface area contributed by atoms with Gasteiger partial charge >= 0.3 is 0 Å². The molecule has 0 spiro atoms. The molecule has 0 bridgehead atoms. The van der Waals surface area contributed by atoms with Gasteiger partial charge in [-0.2, -0.15) is 0 Å². The highest BCUT2D eigenvalue weighted by Crippen LogP contribution is 2.13. The number of benzene rings is 1. The van der Waals surface area contributed by atoms with Gasteiger partial charge in [-0.1, -0.05) is 44.5 Å². The first-order valence-electron chi connectivity index (χ1n) is 5.86. The maximum atomic E-state index is 2.29. The maximum Gasteiger partial charge on any atom is 0.0230 e. The first-order valence-corrected chi connectivity index (χ1v) is 5.86. The number of hydrogen-bond acceptors (Lipinski definition) is 1. The molecule has 0 fully saturated rings. The third-order valence-electron chi connectivity index (χ3n) is 2.23. The lowest BCUT2D eigenvalue weighted by molar-refractivity contribution is 0.401. The third kappa shape index (κ3) is 4.98. The van der Waals surface area contributed by atoms with Crippen molar-refractivity contribution < 1.29 is 0 Å². The standard InChI is InChI=1S/C12H19N.C2H6/c1-5-11-7-6-10(2)8-12(11)9-13(3)4;1-2/h6-8H,5,9H2,1-4H3;1-2H3. The summed E-state index contributed by atoms with van der Waals surface area (Å²) in [5.41, 5.74) is 4.29. The Balaban J connectivity index is 0.000000921. The van der Waals surface area contributed by atoms with Crippen molar-refractivity contribution in [3.05, 3.63) is 34.9 Å². The quantitative estimate of drug-likeness (QED) is 0.731. The van der Waals surface area contributed by atoms with Crippen molar-refractivity contribution in [2.75, 3.05) is 14.1 Å². The molecule has 0 N–H and O–H groups in total. The second-order valence-corrected chi connectivity index (χ2v) is 3.86. The summed E-state index contributed by atoms with van der Waals surface area (Å²) in [5, 5.41) is 0. The summed E-state index contributed by atoms with van der Waals surface area (Å²) >= 11 is 0. The topological polar surface area (TPSA) is 3.24 Å². The van der Waals surface area contributed by atoms with Gasteiger partial charge in [-0.05, 0) is 38.6 Å². The van der Waals surface area contributed by atoms with Crippen molar-refractivity contribution >= 4 is 0 Å². The minimum absolute atomic E-state index is 1.05. The molecule has 0 radical (unpaired) electrons. The van der Waals surface area contributed by atoms with Crippen molar-refractivity contribution in [1.29, 1.82) is 0 Å². The largest absolute Gasteiger partial charge is 0.305 e. The van der Waals surface area contributed by atoms with Crippen LogP contribution in [0.15, 0.2) is 18.2 Å². The highest BCUT2D eigenvalue weighted by molar-refractivity contribution is 5.31. The van der Waals surface area contributed by atoms with E-state index in [-0.39, 0.29) is 0 Å². The molecule has 0 aliphatic rings. The van der Waals surface area contributed by atoms with Gasteiger partial charge in [0.05, 0.1) is 0 Å². The number of nitrogens with zero attached hydrogens (tertiary/aromatic N) is 1. The molecule has 0 unspecified atom stereocenters. The van der Waals surface area contributed by atoms with Crippen LogP contribution in [0.2, 0.25) is 0 Å². The molecule has 1 nitrogen and oxygen atoms in total. The lowest BCUT2D eigenvalue weighted by atomic mass is 10.0. The van der Waals surface area contributed by atoms with Crippen molar-refractivity contribution in [2.24, 2.45) is 0 Å². The smallest absolute Gasteiger partial charge is 0.0230 e. The van der Waals surface area contributed by atoms with Gasteiger partial charge in [-0.3, -0.25) is 0 Å². The number of hydrogen-bond donors (Lipinski definition) is 0. The average molecular weight is 207 g/mol. The number of aryl methyl sites for hydroxylation is 2.